The van der Waals surface area contributed by atoms with E-state index in [-0.39, 0.29) is 0 Å². The van der Waals surface area contributed by atoms with E-state index < -0.39 is 0 Å². The van der Waals surface area contributed by atoms with Gasteiger partial charge in [-0.1, -0.05) is 38.1 Å². The smallest absolute Gasteiger partial charge is 0.0758 e. The van der Waals surface area contributed by atoms with Crippen LogP contribution in [0.2, 0.25) is 0 Å². The molecule has 0 saturated heterocycles. The Balaban J connectivity index is 2.17. The van der Waals surface area contributed by atoms with Crippen LogP contribution < -0.4 is 5.32 Å². The molecule has 114 valence electrons. The summed E-state index contributed by atoms with van der Waals surface area (Å²) in [4.78, 5) is 0. The Labute approximate surface area is 148 Å². The maximum absolute atomic E-state index is 3.69. The maximum Gasteiger partial charge on any atom is 0.0758 e. The predicted molar refractivity (Wildman–Crippen MR) is 100 cm³/mol. The van der Waals surface area contributed by atoms with Crippen molar-refractivity contribution in [3.63, 3.8) is 0 Å². The Kier molecular flexibility index (Phi) is 6.93. The Hall–Kier alpha value is -0.160. The highest BCUT2D eigenvalue weighted by molar-refractivity contribution is 9.12. The van der Waals surface area contributed by atoms with Crippen LogP contribution in [0, 0.1) is 0 Å². The lowest BCUT2D eigenvalue weighted by Gasteiger charge is -2.18. The van der Waals surface area contributed by atoms with Crippen LogP contribution in [0.15, 0.2) is 37.9 Å². The van der Waals surface area contributed by atoms with Crippen LogP contribution in [0.25, 0.3) is 0 Å². The molecule has 0 bridgehead atoms. The van der Waals surface area contributed by atoms with Gasteiger partial charge in [0.2, 0.25) is 0 Å². The molecule has 1 atom stereocenters. The van der Waals surface area contributed by atoms with Crippen molar-refractivity contribution in [2.45, 2.75) is 39.2 Å². The highest BCUT2D eigenvalue weighted by Crippen LogP contribution is 2.36. The SMILES string of the molecule is CCCNC(Cc1ccc(CC)cc1)c1cc(Br)sc1Br. The highest BCUT2D eigenvalue weighted by Gasteiger charge is 2.17. The molecule has 2 rings (SSSR count). The normalized spacial score (nSPS) is 12.6. The van der Waals surface area contributed by atoms with E-state index in [0.717, 1.165) is 25.8 Å². The third kappa shape index (κ3) is 4.92. The largest absolute Gasteiger partial charge is 0.310 e. The molecule has 1 N–H and O–H groups in total. The summed E-state index contributed by atoms with van der Waals surface area (Å²) in [6, 6.07) is 11.6. The van der Waals surface area contributed by atoms with Gasteiger partial charge in [0.15, 0.2) is 0 Å². The summed E-state index contributed by atoms with van der Waals surface area (Å²) in [5.41, 5.74) is 4.13. The molecule has 0 radical (unpaired) electrons. The quantitative estimate of drug-likeness (QED) is 0.557. The molecule has 0 aliphatic carbocycles. The Bertz CT molecular complexity index is 563. The fraction of sp³-hybridized carbons (Fsp3) is 0.412. The van der Waals surface area contributed by atoms with E-state index >= 15 is 0 Å². The lowest BCUT2D eigenvalue weighted by molar-refractivity contribution is 0.529. The third-order valence-electron chi connectivity index (χ3n) is 3.57. The summed E-state index contributed by atoms with van der Waals surface area (Å²) in [5.74, 6) is 0. The molecule has 0 saturated carbocycles. The van der Waals surface area contributed by atoms with Crippen molar-refractivity contribution in [2.75, 3.05) is 6.54 Å². The molecule has 0 aliphatic rings. The summed E-state index contributed by atoms with van der Waals surface area (Å²) >= 11 is 9.02. The lowest BCUT2D eigenvalue weighted by Crippen LogP contribution is -2.24. The van der Waals surface area contributed by atoms with Crippen LogP contribution in [0.3, 0.4) is 0 Å². The maximum atomic E-state index is 3.69. The van der Waals surface area contributed by atoms with E-state index in [1.165, 1.54) is 24.3 Å². The number of hydrogen-bond donors (Lipinski definition) is 1. The van der Waals surface area contributed by atoms with Crippen molar-refractivity contribution in [3.05, 3.63) is 54.6 Å². The summed E-state index contributed by atoms with van der Waals surface area (Å²) in [6.45, 7) is 5.44. The molecule has 4 heteroatoms. The number of rotatable bonds is 7. The number of aryl methyl sites for hydroxylation is 1. The molecule has 2 aromatic rings. The van der Waals surface area contributed by atoms with Crippen LogP contribution >= 0.6 is 43.2 Å². The first kappa shape index (κ1) is 17.2. The van der Waals surface area contributed by atoms with E-state index in [1.54, 1.807) is 11.3 Å². The molecule has 0 amide bonds. The van der Waals surface area contributed by atoms with Crippen molar-refractivity contribution in [1.29, 1.82) is 0 Å². The van der Waals surface area contributed by atoms with E-state index in [9.17, 15) is 0 Å². The number of thiophene rings is 1. The van der Waals surface area contributed by atoms with E-state index in [4.69, 9.17) is 0 Å². The van der Waals surface area contributed by atoms with E-state index in [0.29, 0.717) is 6.04 Å². The van der Waals surface area contributed by atoms with Gasteiger partial charge in [-0.15, -0.1) is 11.3 Å². The van der Waals surface area contributed by atoms with Crippen LogP contribution in [0.1, 0.15) is 43.0 Å². The third-order valence-corrected chi connectivity index (χ3v) is 5.96. The monoisotopic (exact) mass is 429 g/mol. The summed E-state index contributed by atoms with van der Waals surface area (Å²) in [6.07, 6.45) is 3.26. The van der Waals surface area contributed by atoms with Gasteiger partial charge in [0.05, 0.1) is 7.57 Å². The minimum atomic E-state index is 0.356. The van der Waals surface area contributed by atoms with Gasteiger partial charge in [0.25, 0.3) is 0 Å². The Morgan fingerprint density at radius 2 is 1.76 bits per heavy atom. The Morgan fingerprint density at radius 1 is 1.10 bits per heavy atom. The number of hydrogen-bond acceptors (Lipinski definition) is 2. The van der Waals surface area contributed by atoms with Gasteiger partial charge in [-0.3, -0.25) is 0 Å². The van der Waals surface area contributed by atoms with Crippen molar-refractivity contribution in [2.24, 2.45) is 0 Å². The molecular formula is C17H21Br2NS. The number of benzene rings is 1. The minimum absolute atomic E-state index is 0.356. The van der Waals surface area contributed by atoms with Crippen LogP contribution in [0.5, 0.6) is 0 Å². The van der Waals surface area contributed by atoms with E-state index in [1.807, 2.05) is 0 Å². The molecule has 0 aliphatic heterocycles. The zero-order valence-corrected chi connectivity index (χ0v) is 16.4. The van der Waals surface area contributed by atoms with Crippen molar-refractivity contribution in [3.8, 4) is 0 Å². The van der Waals surface area contributed by atoms with Gasteiger partial charge in [0.1, 0.15) is 0 Å². The predicted octanol–water partition coefficient (Wildman–Crippen LogP) is 6.12. The zero-order valence-electron chi connectivity index (χ0n) is 12.5. The molecular weight excluding hydrogens is 410 g/mol. The van der Waals surface area contributed by atoms with Crippen molar-refractivity contribution < 1.29 is 0 Å². The minimum Gasteiger partial charge on any atom is -0.310 e. The standard InChI is InChI=1S/C17H21Br2NS/c1-3-9-20-15(14-11-16(18)21-17(14)19)10-13-7-5-12(4-2)6-8-13/h5-8,11,15,20H,3-4,9-10H2,1-2H3. The van der Waals surface area contributed by atoms with Crippen LogP contribution in [-0.4, -0.2) is 6.54 Å². The fourth-order valence-corrected chi connectivity index (χ4v) is 5.32. The molecule has 21 heavy (non-hydrogen) atoms. The first-order valence-electron chi connectivity index (χ1n) is 7.40. The van der Waals surface area contributed by atoms with Gasteiger partial charge in [0, 0.05) is 6.04 Å². The van der Waals surface area contributed by atoms with Crippen LogP contribution in [-0.2, 0) is 12.8 Å². The van der Waals surface area contributed by atoms with Crippen molar-refractivity contribution in [1.82, 2.24) is 5.32 Å². The van der Waals surface area contributed by atoms with Crippen molar-refractivity contribution >= 4 is 43.2 Å². The molecule has 1 aromatic heterocycles. The average molecular weight is 431 g/mol. The molecule has 0 spiro atoms. The van der Waals surface area contributed by atoms with Gasteiger partial charge in [-0.05, 0) is 80.4 Å². The first-order valence-corrected chi connectivity index (χ1v) is 9.80. The molecule has 1 nitrogen and oxygen atoms in total. The molecule has 1 aromatic carbocycles. The average Bonchev–Trinajstić information content (AvgIpc) is 2.83. The summed E-state index contributed by atoms with van der Waals surface area (Å²) in [7, 11) is 0. The van der Waals surface area contributed by atoms with Crippen LogP contribution in [0.4, 0.5) is 0 Å². The summed E-state index contributed by atoms with van der Waals surface area (Å²) < 4.78 is 2.39. The first-order chi connectivity index (χ1) is 10.1. The topological polar surface area (TPSA) is 12.0 Å². The Morgan fingerprint density at radius 3 is 2.29 bits per heavy atom. The van der Waals surface area contributed by atoms with Gasteiger partial charge < -0.3 is 5.32 Å². The molecule has 0 fully saturated rings. The fourth-order valence-electron chi connectivity index (χ4n) is 2.35. The highest BCUT2D eigenvalue weighted by atomic mass is 79.9. The van der Waals surface area contributed by atoms with Gasteiger partial charge >= 0.3 is 0 Å². The van der Waals surface area contributed by atoms with E-state index in [2.05, 4.69) is 81.4 Å². The number of halogens is 2. The lowest BCUT2D eigenvalue weighted by atomic mass is 9.99. The zero-order chi connectivity index (χ0) is 15.2. The second-order valence-electron chi connectivity index (χ2n) is 5.16. The summed E-state index contributed by atoms with van der Waals surface area (Å²) in [5, 5.41) is 3.67. The second kappa shape index (κ2) is 8.47. The second-order valence-corrected chi connectivity index (χ2v) is 8.91. The van der Waals surface area contributed by atoms with Gasteiger partial charge in [-0.25, -0.2) is 0 Å². The molecule has 1 heterocycles. The molecule has 1 unspecified atom stereocenters. The van der Waals surface area contributed by atoms with Gasteiger partial charge in [-0.2, -0.15) is 0 Å². The number of nitrogens with one attached hydrogen (secondary N) is 1.